The van der Waals surface area contributed by atoms with Gasteiger partial charge in [0.1, 0.15) is 5.82 Å². The normalized spacial score (nSPS) is 20.3. The largest absolute Gasteiger partial charge is 0.340 e. The van der Waals surface area contributed by atoms with E-state index in [9.17, 15) is 9.59 Å². The van der Waals surface area contributed by atoms with Gasteiger partial charge in [-0.25, -0.2) is 0 Å². The fourth-order valence-electron chi connectivity index (χ4n) is 3.79. The molecule has 0 aliphatic carbocycles. The number of halogens is 1. The Kier molecular flexibility index (Phi) is 5.01. The van der Waals surface area contributed by atoms with Gasteiger partial charge >= 0.3 is 0 Å². The number of hydrogen-bond acceptors (Lipinski definition) is 5. The van der Waals surface area contributed by atoms with Crippen molar-refractivity contribution >= 4 is 33.6 Å². The zero-order valence-electron chi connectivity index (χ0n) is 15.2. The van der Waals surface area contributed by atoms with Crippen LogP contribution >= 0.6 is 15.9 Å². The molecule has 2 aromatic rings. The van der Waals surface area contributed by atoms with Crippen LogP contribution in [-0.4, -0.2) is 53.5 Å². The molecule has 2 N–H and O–H groups in total. The Hall–Kier alpha value is -2.19. The van der Waals surface area contributed by atoms with Crippen LogP contribution in [0.5, 0.6) is 0 Å². The van der Waals surface area contributed by atoms with E-state index in [1.165, 1.54) is 0 Å². The molecule has 1 saturated heterocycles. The molecule has 1 aromatic heterocycles. The minimum atomic E-state index is -0.298. The number of aromatic nitrogens is 2. The number of carbonyl (C=O) groups excluding carboxylic acids is 1. The van der Waals surface area contributed by atoms with Gasteiger partial charge in [-0.15, -0.1) is 0 Å². The molecule has 4 rings (SSSR count). The summed E-state index contributed by atoms with van der Waals surface area (Å²) in [5.41, 5.74) is 1.28. The SMILES string of the molecule is CCN1CCN(c2nc3c(c(=O)[nH]2)C(c2cccc(Br)c2)CC(=O)N3)CC1. The highest BCUT2D eigenvalue weighted by Crippen LogP contribution is 2.35. The fraction of sp³-hybridized carbons (Fsp3) is 0.421. The lowest BCUT2D eigenvalue weighted by Crippen LogP contribution is -2.47. The van der Waals surface area contributed by atoms with Gasteiger partial charge in [0, 0.05) is 43.0 Å². The number of aromatic amines is 1. The van der Waals surface area contributed by atoms with E-state index in [-0.39, 0.29) is 23.8 Å². The molecule has 1 atom stereocenters. The van der Waals surface area contributed by atoms with Crippen LogP contribution in [0.4, 0.5) is 11.8 Å². The van der Waals surface area contributed by atoms with Crippen LogP contribution in [-0.2, 0) is 4.79 Å². The van der Waals surface area contributed by atoms with E-state index in [0.717, 1.165) is 42.8 Å². The number of benzene rings is 1. The molecule has 2 aliphatic rings. The Balaban J connectivity index is 1.70. The second-order valence-corrected chi connectivity index (χ2v) is 7.85. The predicted octanol–water partition coefficient (Wildman–Crippen LogP) is 2.15. The molecular formula is C19H22BrN5O2. The molecule has 0 saturated carbocycles. The number of nitrogens with one attached hydrogen (secondary N) is 2. The predicted molar refractivity (Wildman–Crippen MR) is 108 cm³/mol. The molecule has 7 nitrogen and oxygen atoms in total. The first-order valence-corrected chi connectivity index (χ1v) is 10.0. The Morgan fingerprint density at radius 3 is 2.70 bits per heavy atom. The molecule has 1 fully saturated rings. The van der Waals surface area contributed by atoms with Crippen LogP contribution in [0.25, 0.3) is 0 Å². The van der Waals surface area contributed by atoms with Crippen molar-refractivity contribution in [2.24, 2.45) is 0 Å². The third-order valence-corrected chi connectivity index (χ3v) is 5.80. The number of H-pyrrole nitrogens is 1. The maximum absolute atomic E-state index is 12.9. The summed E-state index contributed by atoms with van der Waals surface area (Å²) in [5.74, 6) is 0.499. The Morgan fingerprint density at radius 2 is 2.00 bits per heavy atom. The molecule has 0 bridgehead atoms. The van der Waals surface area contributed by atoms with E-state index >= 15 is 0 Å². The van der Waals surface area contributed by atoms with Crippen molar-refractivity contribution < 1.29 is 4.79 Å². The van der Waals surface area contributed by atoms with Crippen LogP contribution in [0.1, 0.15) is 30.4 Å². The summed E-state index contributed by atoms with van der Waals surface area (Å²) >= 11 is 3.46. The average molecular weight is 432 g/mol. The van der Waals surface area contributed by atoms with Crippen molar-refractivity contribution in [3.8, 4) is 0 Å². The monoisotopic (exact) mass is 431 g/mol. The van der Waals surface area contributed by atoms with Crippen LogP contribution in [0.15, 0.2) is 33.5 Å². The molecule has 2 aliphatic heterocycles. The van der Waals surface area contributed by atoms with Crippen molar-refractivity contribution in [2.45, 2.75) is 19.3 Å². The van der Waals surface area contributed by atoms with Gasteiger partial charge in [-0.2, -0.15) is 4.98 Å². The van der Waals surface area contributed by atoms with E-state index in [1.807, 2.05) is 24.3 Å². The van der Waals surface area contributed by atoms with Crippen molar-refractivity contribution in [1.29, 1.82) is 0 Å². The zero-order chi connectivity index (χ0) is 19.0. The number of nitrogens with zero attached hydrogens (tertiary/aromatic N) is 3. The lowest BCUT2D eigenvalue weighted by Gasteiger charge is -2.35. The van der Waals surface area contributed by atoms with E-state index in [4.69, 9.17) is 0 Å². The van der Waals surface area contributed by atoms with Gasteiger partial charge in [0.2, 0.25) is 11.9 Å². The molecular weight excluding hydrogens is 410 g/mol. The van der Waals surface area contributed by atoms with Gasteiger partial charge in [-0.05, 0) is 24.2 Å². The van der Waals surface area contributed by atoms with Crippen LogP contribution in [0, 0.1) is 0 Å². The topological polar surface area (TPSA) is 81.3 Å². The van der Waals surface area contributed by atoms with E-state index in [0.29, 0.717) is 17.3 Å². The highest BCUT2D eigenvalue weighted by Gasteiger charge is 2.32. The van der Waals surface area contributed by atoms with Gasteiger partial charge in [-0.1, -0.05) is 35.0 Å². The average Bonchev–Trinajstić information content (AvgIpc) is 2.67. The van der Waals surface area contributed by atoms with Gasteiger partial charge in [0.25, 0.3) is 5.56 Å². The summed E-state index contributed by atoms with van der Waals surface area (Å²) in [6.45, 7) is 6.64. The first-order valence-electron chi connectivity index (χ1n) is 9.22. The molecule has 27 heavy (non-hydrogen) atoms. The van der Waals surface area contributed by atoms with E-state index < -0.39 is 0 Å². The molecule has 0 spiro atoms. The smallest absolute Gasteiger partial charge is 0.258 e. The summed E-state index contributed by atoms with van der Waals surface area (Å²) in [7, 11) is 0. The van der Waals surface area contributed by atoms with Crippen LogP contribution < -0.4 is 15.8 Å². The highest BCUT2D eigenvalue weighted by molar-refractivity contribution is 9.10. The van der Waals surface area contributed by atoms with Gasteiger partial charge in [-0.3, -0.25) is 14.6 Å². The van der Waals surface area contributed by atoms with Gasteiger partial charge in [0.15, 0.2) is 0 Å². The molecule has 142 valence electrons. The summed E-state index contributed by atoms with van der Waals surface area (Å²) in [4.78, 5) is 37.2. The Bertz CT molecular complexity index is 921. The zero-order valence-corrected chi connectivity index (χ0v) is 16.8. The number of likely N-dealkylation sites (N-methyl/N-ethyl adjacent to an activating group) is 1. The van der Waals surface area contributed by atoms with Crippen molar-refractivity contribution in [1.82, 2.24) is 14.9 Å². The second kappa shape index (κ2) is 7.44. The number of fused-ring (bicyclic) bond motifs is 1. The number of hydrogen-bond donors (Lipinski definition) is 2. The molecule has 1 aromatic carbocycles. The molecule has 8 heteroatoms. The quantitative estimate of drug-likeness (QED) is 0.777. The maximum atomic E-state index is 12.9. The number of carbonyl (C=O) groups is 1. The molecule has 1 amide bonds. The third kappa shape index (κ3) is 3.64. The van der Waals surface area contributed by atoms with Crippen molar-refractivity contribution in [3.63, 3.8) is 0 Å². The lowest BCUT2D eigenvalue weighted by molar-refractivity contribution is -0.116. The van der Waals surface area contributed by atoms with Crippen LogP contribution in [0.2, 0.25) is 0 Å². The van der Waals surface area contributed by atoms with Crippen molar-refractivity contribution in [2.75, 3.05) is 42.9 Å². The van der Waals surface area contributed by atoms with Gasteiger partial charge < -0.3 is 15.1 Å². The Morgan fingerprint density at radius 1 is 1.22 bits per heavy atom. The minimum absolute atomic E-state index is 0.118. The summed E-state index contributed by atoms with van der Waals surface area (Å²) in [6.07, 6.45) is 0.239. The van der Waals surface area contributed by atoms with Gasteiger partial charge in [0.05, 0.1) is 5.56 Å². The summed E-state index contributed by atoms with van der Waals surface area (Å²) < 4.78 is 0.919. The first-order chi connectivity index (χ1) is 13.0. The van der Waals surface area contributed by atoms with E-state index in [2.05, 4.69) is 47.9 Å². The highest BCUT2D eigenvalue weighted by atomic mass is 79.9. The second-order valence-electron chi connectivity index (χ2n) is 6.93. The summed E-state index contributed by atoms with van der Waals surface area (Å²) in [5, 5.41) is 2.80. The number of rotatable bonds is 3. The molecule has 3 heterocycles. The van der Waals surface area contributed by atoms with Crippen molar-refractivity contribution in [3.05, 3.63) is 50.2 Å². The lowest BCUT2D eigenvalue weighted by atomic mass is 9.87. The molecule has 1 unspecified atom stereocenters. The summed E-state index contributed by atoms with van der Waals surface area (Å²) in [6, 6.07) is 7.73. The van der Waals surface area contributed by atoms with E-state index in [1.54, 1.807) is 0 Å². The number of amides is 1. The minimum Gasteiger partial charge on any atom is -0.340 e. The molecule has 0 radical (unpaired) electrons. The number of anilines is 2. The standard InChI is InChI=1S/C19H22BrN5O2/c1-2-24-6-8-25(9-7-24)19-22-17-16(18(27)23-19)14(11-15(26)21-17)12-4-3-5-13(20)10-12/h3-5,10,14H,2,6-9,11H2,1H3,(H2,21,22,23,26,27). The van der Waals surface area contributed by atoms with Crippen LogP contribution in [0.3, 0.4) is 0 Å². The number of piperazine rings is 1. The third-order valence-electron chi connectivity index (χ3n) is 5.31. The first kappa shape index (κ1) is 18.2. The maximum Gasteiger partial charge on any atom is 0.258 e. The fourth-order valence-corrected chi connectivity index (χ4v) is 4.21. The Labute approximate surface area is 165 Å².